The summed E-state index contributed by atoms with van der Waals surface area (Å²) in [5, 5.41) is 10.4. The highest BCUT2D eigenvalue weighted by Gasteiger charge is 2.34. The molecule has 0 aliphatic carbocycles. The van der Waals surface area contributed by atoms with Crippen molar-refractivity contribution in [3.05, 3.63) is 36.0 Å². The van der Waals surface area contributed by atoms with E-state index in [-0.39, 0.29) is 24.4 Å². The quantitative estimate of drug-likeness (QED) is 0.817. The molecule has 1 aromatic carbocycles. The molecule has 0 spiro atoms. The molecule has 2 aliphatic heterocycles. The van der Waals surface area contributed by atoms with Gasteiger partial charge in [0.2, 0.25) is 5.91 Å². The average Bonchev–Trinajstić information content (AvgIpc) is 3.32. The first kappa shape index (κ1) is 20.5. The number of nitrogens with one attached hydrogen (secondary N) is 1. The number of likely N-dealkylation sites (tertiary alicyclic amines) is 1. The van der Waals surface area contributed by atoms with Crippen molar-refractivity contribution >= 4 is 35.3 Å². The number of nitrogens with zero attached hydrogens (tertiary/aromatic N) is 3. The molecule has 2 fully saturated rings. The summed E-state index contributed by atoms with van der Waals surface area (Å²) in [6.45, 7) is 4.06. The highest BCUT2D eigenvalue weighted by atomic mass is 35.5. The van der Waals surface area contributed by atoms with Gasteiger partial charge in [0.15, 0.2) is 0 Å². The van der Waals surface area contributed by atoms with E-state index in [1.165, 1.54) is 17.7 Å². The van der Waals surface area contributed by atoms with Crippen molar-refractivity contribution in [3.8, 4) is 0 Å². The van der Waals surface area contributed by atoms with Crippen molar-refractivity contribution in [3.63, 3.8) is 0 Å². The number of aromatic amines is 1. The maximum Gasteiger partial charge on any atom is 0.407 e. The molecule has 0 saturated carbocycles. The Labute approximate surface area is 170 Å². The molecule has 28 heavy (non-hydrogen) atoms. The van der Waals surface area contributed by atoms with E-state index < -0.39 is 6.09 Å². The van der Waals surface area contributed by atoms with Gasteiger partial charge in [0.1, 0.15) is 0 Å². The summed E-state index contributed by atoms with van der Waals surface area (Å²) < 4.78 is 0. The lowest BCUT2D eigenvalue weighted by Gasteiger charge is -2.42. The number of hydrogen-bond acceptors (Lipinski definition) is 3. The van der Waals surface area contributed by atoms with Gasteiger partial charge in [-0.1, -0.05) is 18.2 Å². The number of amides is 2. The van der Waals surface area contributed by atoms with Crippen LogP contribution in [-0.2, 0) is 11.2 Å². The molecule has 4 rings (SSSR count). The highest BCUT2D eigenvalue weighted by Crippen LogP contribution is 2.21. The van der Waals surface area contributed by atoms with Gasteiger partial charge in [0.05, 0.1) is 12.5 Å². The molecule has 3 heterocycles. The molecule has 0 bridgehead atoms. The molecule has 1 aromatic heterocycles. The third kappa shape index (κ3) is 4.25. The Morgan fingerprint density at radius 3 is 2.61 bits per heavy atom. The molecule has 2 saturated heterocycles. The summed E-state index contributed by atoms with van der Waals surface area (Å²) in [5.41, 5.74) is 2.03. The Morgan fingerprint density at radius 1 is 1.11 bits per heavy atom. The van der Waals surface area contributed by atoms with Crippen LogP contribution in [0.1, 0.15) is 18.4 Å². The van der Waals surface area contributed by atoms with Gasteiger partial charge in [0, 0.05) is 43.3 Å². The summed E-state index contributed by atoms with van der Waals surface area (Å²) in [5.74, 6) is 0.0778. The highest BCUT2D eigenvalue weighted by molar-refractivity contribution is 5.89. The fraction of sp³-hybridized carbons (Fsp3) is 0.500. The number of H-pyrrole nitrogens is 1. The van der Waals surface area contributed by atoms with Crippen molar-refractivity contribution in [1.29, 1.82) is 0 Å². The predicted molar refractivity (Wildman–Crippen MR) is 110 cm³/mol. The fourth-order valence-corrected chi connectivity index (χ4v) is 4.32. The minimum absolute atomic E-state index is 0. The molecule has 7 nitrogen and oxygen atoms in total. The normalized spacial score (nSPS) is 20.4. The molecule has 1 atom stereocenters. The molecule has 2 N–H and O–H groups in total. The van der Waals surface area contributed by atoms with Crippen molar-refractivity contribution < 1.29 is 14.7 Å². The van der Waals surface area contributed by atoms with Gasteiger partial charge < -0.3 is 24.8 Å². The Morgan fingerprint density at radius 2 is 1.86 bits per heavy atom. The van der Waals surface area contributed by atoms with Crippen molar-refractivity contribution in [2.24, 2.45) is 0 Å². The number of fused-ring (bicyclic) bond motifs is 1. The van der Waals surface area contributed by atoms with Crippen LogP contribution in [0, 0.1) is 0 Å². The molecule has 2 aromatic rings. The van der Waals surface area contributed by atoms with Crippen LogP contribution in [0.2, 0.25) is 0 Å². The van der Waals surface area contributed by atoms with E-state index >= 15 is 0 Å². The van der Waals surface area contributed by atoms with Gasteiger partial charge in [-0.2, -0.15) is 0 Å². The smallest absolute Gasteiger partial charge is 0.407 e. The first-order valence-corrected chi connectivity index (χ1v) is 9.66. The third-order valence-electron chi connectivity index (χ3n) is 5.76. The van der Waals surface area contributed by atoms with E-state index in [2.05, 4.69) is 9.88 Å². The van der Waals surface area contributed by atoms with Crippen molar-refractivity contribution in [2.45, 2.75) is 25.3 Å². The molecule has 0 radical (unpaired) electrons. The first-order valence-electron chi connectivity index (χ1n) is 9.66. The molecule has 2 aliphatic rings. The Hall–Kier alpha value is -2.25. The summed E-state index contributed by atoms with van der Waals surface area (Å²) in [7, 11) is 0. The molecular formula is C20H27ClN4O3. The predicted octanol–water partition coefficient (Wildman–Crippen LogP) is 2.42. The van der Waals surface area contributed by atoms with Crippen LogP contribution in [0.25, 0.3) is 10.9 Å². The SMILES string of the molecule is Cl.O=C(O)N1CCN(C(=O)Cc2c[nH]c3ccccc23)C(CN2CCCC2)C1. The second-order valence-electron chi connectivity index (χ2n) is 7.51. The largest absolute Gasteiger partial charge is 0.465 e. The molecule has 152 valence electrons. The monoisotopic (exact) mass is 406 g/mol. The lowest BCUT2D eigenvalue weighted by Crippen LogP contribution is -2.59. The fourth-order valence-electron chi connectivity index (χ4n) is 4.32. The zero-order chi connectivity index (χ0) is 18.8. The number of para-hydroxylation sites is 1. The number of carbonyl (C=O) groups is 2. The maximum absolute atomic E-state index is 13.1. The van der Waals surface area contributed by atoms with Gasteiger partial charge in [-0.15, -0.1) is 12.4 Å². The van der Waals surface area contributed by atoms with E-state index in [9.17, 15) is 14.7 Å². The van der Waals surface area contributed by atoms with E-state index in [0.717, 1.165) is 36.1 Å². The van der Waals surface area contributed by atoms with Gasteiger partial charge in [0.25, 0.3) is 0 Å². The Bertz CT molecular complexity index is 834. The van der Waals surface area contributed by atoms with Gasteiger partial charge >= 0.3 is 6.09 Å². The lowest BCUT2D eigenvalue weighted by atomic mass is 10.1. The summed E-state index contributed by atoms with van der Waals surface area (Å²) in [6.07, 6.45) is 3.71. The zero-order valence-electron chi connectivity index (χ0n) is 15.8. The van der Waals surface area contributed by atoms with E-state index in [0.29, 0.717) is 26.1 Å². The molecule has 2 amide bonds. The second-order valence-corrected chi connectivity index (χ2v) is 7.51. The van der Waals surface area contributed by atoms with Crippen molar-refractivity contribution in [2.75, 3.05) is 39.3 Å². The van der Waals surface area contributed by atoms with E-state index in [4.69, 9.17) is 0 Å². The number of piperazine rings is 1. The number of hydrogen-bond donors (Lipinski definition) is 2. The van der Waals surface area contributed by atoms with Gasteiger partial charge in [-0.25, -0.2) is 4.79 Å². The Balaban J connectivity index is 0.00000225. The molecule has 8 heteroatoms. The van der Waals surface area contributed by atoms with Crippen LogP contribution in [0.15, 0.2) is 30.5 Å². The zero-order valence-corrected chi connectivity index (χ0v) is 16.7. The lowest BCUT2D eigenvalue weighted by molar-refractivity contribution is -0.135. The number of carbonyl (C=O) groups excluding carboxylic acids is 1. The van der Waals surface area contributed by atoms with Crippen LogP contribution < -0.4 is 0 Å². The number of rotatable bonds is 4. The van der Waals surface area contributed by atoms with Crippen LogP contribution in [-0.4, -0.2) is 82.1 Å². The number of aromatic nitrogens is 1. The minimum Gasteiger partial charge on any atom is -0.465 e. The van der Waals surface area contributed by atoms with E-state index in [1.807, 2.05) is 35.4 Å². The van der Waals surface area contributed by atoms with Crippen LogP contribution >= 0.6 is 12.4 Å². The van der Waals surface area contributed by atoms with Gasteiger partial charge in [-0.05, 0) is 37.6 Å². The average molecular weight is 407 g/mol. The maximum atomic E-state index is 13.1. The summed E-state index contributed by atoms with van der Waals surface area (Å²) >= 11 is 0. The number of benzene rings is 1. The number of carboxylic acid groups (broad SMARTS) is 1. The van der Waals surface area contributed by atoms with E-state index in [1.54, 1.807) is 0 Å². The summed E-state index contributed by atoms with van der Waals surface area (Å²) in [6, 6.07) is 7.91. The van der Waals surface area contributed by atoms with Gasteiger partial charge in [-0.3, -0.25) is 4.79 Å². The van der Waals surface area contributed by atoms with Crippen LogP contribution in [0.3, 0.4) is 0 Å². The minimum atomic E-state index is -0.898. The first-order chi connectivity index (χ1) is 13.1. The summed E-state index contributed by atoms with van der Waals surface area (Å²) in [4.78, 5) is 33.4. The molecular weight excluding hydrogens is 380 g/mol. The third-order valence-corrected chi connectivity index (χ3v) is 5.76. The van der Waals surface area contributed by atoms with Crippen LogP contribution in [0.5, 0.6) is 0 Å². The second kappa shape index (κ2) is 8.84. The van der Waals surface area contributed by atoms with Crippen molar-refractivity contribution in [1.82, 2.24) is 19.7 Å². The molecule has 1 unspecified atom stereocenters. The van der Waals surface area contributed by atoms with Crippen LogP contribution in [0.4, 0.5) is 4.79 Å². The standard InChI is InChI=1S/C20H26N4O3.ClH/c25-19(11-15-12-21-18-6-2-1-5-17(15)18)24-10-9-23(20(26)27)14-16(24)13-22-7-3-4-8-22;/h1-2,5-6,12,16,21H,3-4,7-11,13-14H2,(H,26,27);1H. The Kier molecular flexibility index (Phi) is 6.46. The number of halogens is 1. The topological polar surface area (TPSA) is 79.9 Å².